The van der Waals surface area contributed by atoms with Crippen LogP contribution in [0.4, 0.5) is 5.69 Å². The van der Waals surface area contributed by atoms with Crippen LogP contribution in [0, 0.1) is 0 Å². The summed E-state index contributed by atoms with van der Waals surface area (Å²) >= 11 is 0. The minimum Gasteiger partial charge on any atom is -0.481 e. The van der Waals surface area contributed by atoms with Gasteiger partial charge in [0.25, 0.3) is 0 Å². The van der Waals surface area contributed by atoms with Gasteiger partial charge in [-0.1, -0.05) is 18.2 Å². The van der Waals surface area contributed by atoms with Gasteiger partial charge in [-0.05, 0) is 24.1 Å². The second-order valence-electron chi connectivity index (χ2n) is 4.61. The highest BCUT2D eigenvalue weighted by Crippen LogP contribution is 2.17. The Kier molecular flexibility index (Phi) is 3.25. The minimum absolute atomic E-state index is 0.572. The van der Waals surface area contributed by atoms with Crippen molar-refractivity contribution in [3.8, 4) is 5.88 Å². The summed E-state index contributed by atoms with van der Waals surface area (Å²) in [5.41, 5.74) is 9.50. The number of fused-ring (bicyclic) bond motifs is 1. The number of methoxy groups -OCH3 is 1. The normalized spacial score (nSPS) is 10.8. The Balaban J connectivity index is 1.79. The molecule has 102 valence electrons. The van der Waals surface area contributed by atoms with Crippen LogP contribution >= 0.6 is 0 Å². The van der Waals surface area contributed by atoms with Crippen LogP contribution in [0.1, 0.15) is 11.4 Å². The van der Waals surface area contributed by atoms with Gasteiger partial charge in [-0.2, -0.15) is 4.98 Å². The smallest absolute Gasteiger partial charge is 0.215 e. The number of ether oxygens (including phenoxy) is 1. The standard InChI is InChI=1S/C15H16N4O/c1-20-14-9-7-12-15(19-14)18-13(17-12)8-6-10-4-2-3-5-11(10)16/h2-5,7,9H,6,8,16H2,1H3,(H,17,18,19). The first-order valence-electron chi connectivity index (χ1n) is 6.49. The molecule has 0 aliphatic carbocycles. The summed E-state index contributed by atoms with van der Waals surface area (Å²) in [6.07, 6.45) is 1.65. The summed E-state index contributed by atoms with van der Waals surface area (Å²) in [6.45, 7) is 0. The van der Waals surface area contributed by atoms with Crippen LogP contribution in [0.15, 0.2) is 36.4 Å². The van der Waals surface area contributed by atoms with Crippen molar-refractivity contribution in [1.82, 2.24) is 15.0 Å². The third-order valence-electron chi connectivity index (χ3n) is 3.26. The van der Waals surface area contributed by atoms with Crippen LogP contribution < -0.4 is 10.5 Å². The van der Waals surface area contributed by atoms with Crippen molar-refractivity contribution in [2.45, 2.75) is 12.8 Å². The number of pyridine rings is 1. The summed E-state index contributed by atoms with van der Waals surface area (Å²) < 4.78 is 5.10. The van der Waals surface area contributed by atoms with Gasteiger partial charge in [0.1, 0.15) is 5.82 Å². The van der Waals surface area contributed by atoms with Crippen molar-refractivity contribution in [3.05, 3.63) is 47.8 Å². The van der Waals surface area contributed by atoms with Gasteiger partial charge in [-0.3, -0.25) is 0 Å². The van der Waals surface area contributed by atoms with Crippen molar-refractivity contribution >= 4 is 16.9 Å². The second-order valence-corrected chi connectivity index (χ2v) is 4.61. The predicted octanol–water partition coefficient (Wildman–Crippen LogP) is 2.33. The molecule has 3 rings (SSSR count). The average Bonchev–Trinajstić information content (AvgIpc) is 2.88. The number of nitrogen functional groups attached to an aromatic ring is 1. The molecule has 0 aliphatic rings. The number of rotatable bonds is 4. The SMILES string of the molecule is COc1ccc2[nH]c(CCc3ccccc3N)nc2n1. The summed E-state index contributed by atoms with van der Waals surface area (Å²) in [7, 11) is 1.60. The zero-order valence-corrected chi connectivity index (χ0v) is 11.3. The van der Waals surface area contributed by atoms with Crippen LogP contribution in [0.5, 0.6) is 5.88 Å². The van der Waals surface area contributed by atoms with E-state index in [-0.39, 0.29) is 0 Å². The molecule has 2 aromatic heterocycles. The number of anilines is 1. The molecule has 5 nitrogen and oxygen atoms in total. The lowest BCUT2D eigenvalue weighted by molar-refractivity contribution is 0.399. The molecule has 0 fully saturated rings. The van der Waals surface area contributed by atoms with E-state index in [0.717, 1.165) is 35.4 Å². The molecule has 0 radical (unpaired) electrons. The van der Waals surface area contributed by atoms with E-state index in [9.17, 15) is 0 Å². The largest absolute Gasteiger partial charge is 0.481 e. The van der Waals surface area contributed by atoms with Gasteiger partial charge in [0.05, 0.1) is 12.6 Å². The number of hydrogen-bond acceptors (Lipinski definition) is 4. The first kappa shape index (κ1) is 12.5. The van der Waals surface area contributed by atoms with Crippen molar-refractivity contribution in [3.63, 3.8) is 0 Å². The molecule has 0 aliphatic heterocycles. The van der Waals surface area contributed by atoms with Gasteiger partial charge in [-0.15, -0.1) is 0 Å². The number of nitrogens with zero attached hydrogens (tertiary/aromatic N) is 2. The number of para-hydroxylation sites is 1. The summed E-state index contributed by atoms with van der Waals surface area (Å²) in [5.74, 6) is 1.48. The van der Waals surface area contributed by atoms with Crippen LogP contribution in [0.3, 0.4) is 0 Å². The molecular weight excluding hydrogens is 252 g/mol. The Bertz CT molecular complexity index is 736. The molecule has 5 heteroatoms. The molecule has 0 saturated heterocycles. The lowest BCUT2D eigenvalue weighted by Crippen LogP contribution is -1.97. The van der Waals surface area contributed by atoms with Crippen molar-refractivity contribution in [2.24, 2.45) is 0 Å². The number of H-pyrrole nitrogens is 1. The number of nitrogens with two attached hydrogens (primary N) is 1. The zero-order chi connectivity index (χ0) is 13.9. The highest BCUT2D eigenvalue weighted by molar-refractivity contribution is 5.71. The number of benzene rings is 1. The Labute approximate surface area is 116 Å². The van der Waals surface area contributed by atoms with Crippen molar-refractivity contribution in [1.29, 1.82) is 0 Å². The third-order valence-corrected chi connectivity index (χ3v) is 3.26. The monoisotopic (exact) mass is 268 g/mol. The lowest BCUT2D eigenvalue weighted by Gasteiger charge is -2.03. The Morgan fingerprint density at radius 2 is 1.95 bits per heavy atom. The first-order chi connectivity index (χ1) is 9.76. The summed E-state index contributed by atoms with van der Waals surface area (Å²) in [4.78, 5) is 12.0. The van der Waals surface area contributed by atoms with E-state index in [2.05, 4.69) is 15.0 Å². The van der Waals surface area contributed by atoms with Crippen molar-refractivity contribution < 1.29 is 4.74 Å². The van der Waals surface area contributed by atoms with Gasteiger partial charge in [-0.25, -0.2) is 4.98 Å². The maximum Gasteiger partial charge on any atom is 0.215 e. The molecule has 0 atom stereocenters. The number of hydrogen-bond donors (Lipinski definition) is 2. The highest BCUT2D eigenvalue weighted by Gasteiger charge is 2.06. The van der Waals surface area contributed by atoms with Crippen LogP contribution in [-0.2, 0) is 12.8 Å². The fraction of sp³-hybridized carbons (Fsp3) is 0.200. The number of nitrogens with one attached hydrogen (secondary N) is 1. The Morgan fingerprint density at radius 1 is 1.10 bits per heavy atom. The molecule has 3 N–H and O–H groups in total. The molecule has 0 unspecified atom stereocenters. The van der Waals surface area contributed by atoms with E-state index in [1.165, 1.54) is 0 Å². The van der Waals surface area contributed by atoms with Crippen LogP contribution in [-0.4, -0.2) is 22.1 Å². The summed E-state index contributed by atoms with van der Waals surface area (Å²) in [6, 6.07) is 11.6. The molecule has 1 aromatic carbocycles. The molecule has 0 bridgehead atoms. The Morgan fingerprint density at radius 3 is 2.75 bits per heavy atom. The van der Waals surface area contributed by atoms with Crippen LogP contribution in [0.2, 0.25) is 0 Å². The average molecular weight is 268 g/mol. The maximum absolute atomic E-state index is 5.94. The maximum atomic E-state index is 5.94. The first-order valence-corrected chi connectivity index (χ1v) is 6.49. The third kappa shape index (κ3) is 2.42. The van der Waals surface area contributed by atoms with Gasteiger partial charge < -0.3 is 15.5 Å². The number of aromatic amines is 1. The quantitative estimate of drug-likeness (QED) is 0.712. The van der Waals surface area contributed by atoms with Crippen molar-refractivity contribution in [2.75, 3.05) is 12.8 Å². The number of aryl methyl sites for hydroxylation is 2. The molecular formula is C15H16N4O. The fourth-order valence-corrected chi connectivity index (χ4v) is 2.17. The second kappa shape index (κ2) is 5.21. The van der Waals surface area contributed by atoms with E-state index in [1.54, 1.807) is 7.11 Å². The van der Waals surface area contributed by atoms with E-state index < -0.39 is 0 Å². The van der Waals surface area contributed by atoms with Gasteiger partial charge >= 0.3 is 0 Å². The topological polar surface area (TPSA) is 76.8 Å². The van der Waals surface area contributed by atoms with E-state index in [4.69, 9.17) is 10.5 Å². The van der Waals surface area contributed by atoms with E-state index in [1.807, 2.05) is 36.4 Å². The molecule has 0 amide bonds. The van der Waals surface area contributed by atoms with Gasteiger partial charge in [0, 0.05) is 18.2 Å². The fourth-order valence-electron chi connectivity index (χ4n) is 2.17. The number of imidazole rings is 1. The molecule has 0 spiro atoms. The highest BCUT2D eigenvalue weighted by atomic mass is 16.5. The molecule has 2 heterocycles. The summed E-state index contributed by atoms with van der Waals surface area (Å²) in [5, 5.41) is 0. The predicted molar refractivity (Wildman–Crippen MR) is 78.7 cm³/mol. The molecule has 3 aromatic rings. The lowest BCUT2D eigenvalue weighted by atomic mass is 10.1. The van der Waals surface area contributed by atoms with E-state index in [0.29, 0.717) is 11.5 Å². The minimum atomic E-state index is 0.572. The van der Waals surface area contributed by atoms with Gasteiger partial charge in [0.2, 0.25) is 5.88 Å². The van der Waals surface area contributed by atoms with E-state index >= 15 is 0 Å². The molecule has 0 saturated carbocycles. The molecule has 20 heavy (non-hydrogen) atoms. The zero-order valence-electron chi connectivity index (χ0n) is 11.3. The van der Waals surface area contributed by atoms with Crippen LogP contribution in [0.25, 0.3) is 11.2 Å². The Hall–Kier alpha value is -2.56. The van der Waals surface area contributed by atoms with Gasteiger partial charge in [0.15, 0.2) is 5.65 Å². The number of aromatic nitrogens is 3.